The highest BCUT2D eigenvalue weighted by atomic mass is 19.4. The molecule has 6 nitrogen and oxygen atoms in total. The van der Waals surface area contributed by atoms with E-state index >= 15 is 0 Å². The number of alkyl halides is 3. The Balaban J connectivity index is 1.56. The summed E-state index contributed by atoms with van der Waals surface area (Å²) in [6.45, 7) is 0.144. The van der Waals surface area contributed by atoms with E-state index in [-0.39, 0.29) is 24.4 Å². The molecule has 2 aromatic carbocycles. The van der Waals surface area contributed by atoms with Gasteiger partial charge in [0.15, 0.2) is 11.5 Å². The molecule has 0 amide bonds. The molecule has 0 bridgehead atoms. The molecule has 0 unspecified atom stereocenters. The van der Waals surface area contributed by atoms with Crippen molar-refractivity contribution < 1.29 is 27.1 Å². The minimum absolute atomic E-state index is 0.0213. The lowest BCUT2D eigenvalue weighted by atomic mass is 10.2. The first-order valence-electron chi connectivity index (χ1n) is 7.17. The standard InChI is InChI=1S/C16H10F3N3O3/c17-16(18,19)10-2-1-3-11(7-10)20-15-22-21-14(25-15)9-4-5-12-13(6-9)24-8-23-12/h1-7H,8H2,(H,20,22). The van der Waals surface area contributed by atoms with Crippen LogP contribution in [0.3, 0.4) is 0 Å². The van der Waals surface area contributed by atoms with E-state index < -0.39 is 11.7 Å². The molecule has 0 atom stereocenters. The van der Waals surface area contributed by atoms with Crippen LogP contribution in [0, 0.1) is 0 Å². The Morgan fingerprint density at radius 2 is 1.80 bits per heavy atom. The maximum atomic E-state index is 12.7. The summed E-state index contributed by atoms with van der Waals surface area (Å²) in [6, 6.07) is 9.80. The number of aromatic nitrogens is 2. The molecule has 0 radical (unpaired) electrons. The fourth-order valence-corrected chi connectivity index (χ4v) is 2.32. The van der Waals surface area contributed by atoms with Crippen molar-refractivity contribution in [2.24, 2.45) is 0 Å². The van der Waals surface area contributed by atoms with Crippen LogP contribution in [0.25, 0.3) is 11.5 Å². The monoisotopic (exact) mass is 349 g/mol. The molecule has 0 fully saturated rings. The van der Waals surface area contributed by atoms with Crippen molar-refractivity contribution in [2.75, 3.05) is 12.1 Å². The van der Waals surface area contributed by atoms with Crippen molar-refractivity contribution in [3.05, 3.63) is 48.0 Å². The highest BCUT2D eigenvalue weighted by Crippen LogP contribution is 2.36. The van der Waals surface area contributed by atoms with Gasteiger partial charge in [-0.15, -0.1) is 5.10 Å². The summed E-state index contributed by atoms with van der Waals surface area (Å²) in [6.07, 6.45) is -4.43. The molecule has 4 rings (SSSR count). The van der Waals surface area contributed by atoms with Crippen LogP contribution in [0.4, 0.5) is 24.9 Å². The fourth-order valence-electron chi connectivity index (χ4n) is 2.32. The van der Waals surface area contributed by atoms with E-state index in [0.29, 0.717) is 17.1 Å². The van der Waals surface area contributed by atoms with Gasteiger partial charge in [-0.25, -0.2) is 0 Å². The molecule has 0 saturated heterocycles. The van der Waals surface area contributed by atoms with Gasteiger partial charge in [-0.1, -0.05) is 11.2 Å². The van der Waals surface area contributed by atoms with E-state index in [1.807, 2.05) is 0 Å². The van der Waals surface area contributed by atoms with Crippen LogP contribution in [0.1, 0.15) is 5.56 Å². The van der Waals surface area contributed by atoms with E-state index in [9.17, 15) is 13.2 Å². The molecule has 0 aliphatic carbocycles. The Labute approximate surface area is 139 Å². The average Bonchev–Trinajstić information content (AvgIpc) is 3.22. The van der Waals surface area contributed by atoms with Crippen LogP contribution in [-0.2, 0) is 6.18 Å². The quantitative estimate of drug-likeness (QED) is 0.763. The number of ether oxygens (including phenoxy) is 2. The summed E-state index contributed by atoms with van der Waals surface area (Å²) in [5.74, 6) is 1.38. The van der Waals surface area contributed by atoms with E-state index in [1.165, 1.54) is 12.1 Å². The van der Waals surface area contributed by atoms with Crippen molar-refractivity contribution in [1.29, 1.82) is 0 Å². The number of anilines is 2. The number of hydrogen-bond donors (Lipinski definition) is 1. The molecule has 9 heteroatoms. The van der Waals surface area contributed by atoms with Gasteiger partial charge >= 0.3 is 12.2 Å². The second kappa shape index (κ2) is 5.69. The Kier molecular flexibility index (Phi) is 3.48. The maximum Gasteiger partial charge on any atom is 0.416 e. The van der Waals surface area contributed by atoms with Crippen LogP contribution in [0.2, 0.25) is 0 Å². The second-order valence-corrected chi connectivity index (χ2v) is 5.18. The molecule has 128 valence electrons. The summed E-state index contributed by atoms with van der Waals surface area (Å²) in [7, 11) is 0. The molecular formula is C16H10F3N3O3. The van der Waals surface area contributed by atoms with Crippen LogP contribution < -0.4 is 14.8 Å². The Morgan fingerprint density at radius 3 is 2.64 bits per heavy atom. The second-order valence-electron chi connectivity index (χ2n) is 5.18. The number of hydrogen-bond acceptors (Lipinski definition) is 6. The van der Waals surface area contributed by atoms with Crippen molar-refractivity contribution in [2.45, 2.75) is 6.18 Å². The smallest absolute Gasteiger partial charge is 0.416 e. The van der Waals surface area contributed by atoms with Gasteiger partial charge in [0.1, 0.15) is 0 Å². The summed E-state index contributed by atoms with van der Waals surface area (Å²) in [5, 5.41) is 10.3. The van der Waals surface area contributed by atoms with Gasteiger partial charge in [-0.05, 0) is 36.4 Å². The summed E-state index contributed by atoms with van der Waals surface area (Å²) in [4.78, 5) is 0. The fraction of sp³-hybridized carbons (Fsp3) is 0.125. The van der Waals surface area contributed by atoms with Crippen LogP contribution in [0.15, 0.2) is 46.9 Å². The molecule has 1 aliphatic heterocycles. The van der Waals surface area contributed by atoms with E-state index in [2.05, 4.69) is 15.5 Å². The third-order valence-corrected chi connectivity index (χ3v) is 3.49. The zero-order chi connectivity index (χ0) is 17.4. The normalized spacial score (nSPS) is 13.1. The van der Waals surface area contributed by atoms with Gasteiger partial charge in [-0.2, -0.15) is 13.2 Å². The molecule has 1 aliphatic rings. The van der Waals surface area contributed by atoms with Gasteiger partial charge in [0, 0.05) is 11.3 Å². The summed E-state index contributed by atoms with van der Waals surface area (Å²) in [5.41, 5.74) is 0.0255. The number of fused-ring (bicyclic) bond motifs is 1. The van der Waals surface area contributed by atoms with Gasteiger partial charge in [0.2, 0.25) is 12.7 Å². The van der Waals surface area contributed by atoms with Crippen molar-refractivity contribution >= 4 is 11.7 Å². The SMILES string of the molecule is FC(F)(F)c1cccc(Nc2nnc(-c3ccc4c(c3)OCO4)o2)c1. The first-order chi connectivity index (χ1) is 12.0. The molecule has 0 spiro atoms. The molecule has 2 heterocycles. The predicted octanol–water partition coefficient (Wildman–Crippen LogP) is 4.23. The zero-order valence-corrected chi connectivity index (χ0v) is 12.5. The minimum atomic E-state index is -4.43. The molecule has 0 saturated carbocycles. The first-order valence-corrected chi connectivity index (χ1v) is 7.17. The van der Waals surface area contributed by atoms with E-state index in [1.54, 1.807) is 18.2 Å². The van der Waals surface area contributed by atoms with Crippen molar-refractivity contribution in [3.8, 4) is 23.0 Å². The highest BCUT2D eigenvalue weighted by Gasteiger charge is 2.30. The number of rotatable bonds is 3. The number of nitrogens with one attached hydrogen (secondary N) is 1. The van der Waals surface area contributed by atoms with E-state index in [0.717, 1.165) is 12.1 Å². The van der Waals surface area contributed by atoms with E-state index in [4.69, 9.17) is 13.9 Å². The molecular weight excluding hydrogens is 339 g/mol. The lowest BCUT2D eigenvalue weighted by Crippen LogP contribution is -2.05. The van der Waals surface area contributed by atoms with Gasteiger partial charge in [0.25, 0.3) is 0 Å². The third-order valence-electron chi connectivity index (χ3n) is 3.49. The molecule has 3 aromatic rings. The van der Waals surface area contributed by atoms with Crippen molar-refractivity contribution in [1.82, 2.24) is 10.2 Å². The van der Waals surface area contributed by atoms with Crippen LogP contribution >= 0.6 is 0 Å². The van der Waals surface area contributed by atoms with Gasteiger partial charge < -0.3 is 19.2 Å². The Bertz CT molecular complexity index is 924. The summed E-state index contributed by atoms with van der Waals surface area (Å²) >= 11 is 0. The lowest BCUT2D eigenvalue weighted by molar-refractivity contribution is -0.137. The maximum absolute atomic E-state index is 12.7. The zero-order valence-electron chi connectivity index (χ0n) is 12.5. The first kappa shape index (κ1) is 15.3. The topological polar surface area (TPSA) is 69.4 Å². The third kappa shape index (κ3) is 3.08. The number of halogens is 3. The minimum Gasteiger partial charge on any atom is -0.454 e. The van der Waals surface area contributed by atoms with Gasteiger partial charge in [0.05, 0.1) is 5.56 Å². The number of benzene rings is 2. The van der Waals surface area contributed by atoms with Crippen LogP contribution in [-0.4, -0.2) is 17.0 Å². The van der Waals surface area contributed by atoms with Crippen LogP contribution in [0.5, 0.6) is 11.5 Å². The largest absolute Gasteiger partial charge is 0.454 e. The Morgan fingerprint density at radius 1 is 0.960 bits per heavy atom. The molecule has 1 aromatic heterocycles. The Hall–Kier alpha value is -3.23. The predicted molar refractivity (Wildman–Crippen MR) is 80.6 cm³/mol. The van der Waals surface area contributed by atoms with Crippen molar-refractivity contribution in [3.63, 3.8) is 0 Å². The highest BCUT2D eigenvalue weighted by molar-refractivity contribution is 5.61. The number of nitrogens with zero attached hydrogens (tertiary/aromatic N) is 2. The average molecular weight is 349 g/mol. The summed E-state index contributed by atoms with van der Waals surface area (Å²) < 4.78 is 54.2. The van der Waals surface area contributed by atoms with Gasteiger partial charge in [-0.3, -0.25) is 0 Å². The lowest BCUT2D eigenvalue weighted by Gasteiger charge is -2.08. The molecule has 25 heavy (non-hydrogen) atoms. The molecule has 1 N–H and O–H groups in total.